The Bertz CT molecular complexity index is 398. The van der Waals surface area contributed by atoms with E-state index in [1.54, 1.807) is 24.3 Å². The van der Waals surface area contributed by atoms with Gasteiger partial charge >= 0.3 is 5.97 Å². The normalized spacial score (nSPS) is 9.78. The van der Waals surface area contributed by atoms with Gasteiger partial charge in [0.1, 0.15) is 0 Å². The molecule has 1 rings (SSSR count). The number of benzene rings is 1. The highest BCUT2D eigenvalue weighted by molar-refractivity contribution is 5.89. The molecule has 0 aromatic heterocycles. The van der Waals surface area contributed by atoms with Gasteiger partial charge < -0.3 is 4.74 Å². The van der Waals surface area contributed by atoms with E-state index in [9.17, 15) is 4.79 Å². The SMILES string of the molecule is C#Cc1ccc(C(=O)OCCCCCCC)cc1. The van der Waals surface area contributed by atoms with Crippen molar-refractivity contribution in [3.8, 4) is 12.3 Å². The van der Waals surface area contributed by atoms with Crippen LogP contribution in [0.15, 0.2) is 24.3 Å². The van der Waals surface area contributed by atoms with Crippen molar-refractivity contribution < 1.29 is 9.53 Å². The maximum absolute atomic E-state index is 11.7. The first kappa shape index (κ1) is 14.3. The quantitative estimate of drug-likeness (QED) is 0.414. The summed E-state index contributed by atoms with van der Waals surface area (Å²) in [4.78, 5) is 11.7. The van der Waals surface area contributed by atoms with Crippen LogP contribution in [0.4, 0.5) is 0 Å². The third-order valence-electron chi connectivity index (χ3n) is 2.77. The van der Waals surface area contributed by atoms with Gasteiger partial charge in [-0.25, -0.2) is 4.79 Å². The summed E-state index contributed by atoms with van der Waals surface area (Å²) in [5, 5.41) is 0. The molecule has 2 nitrogen and oxygen atoms in total. The number of hydrogen-bond donors (Lipinski definition) is 0. The van der Waals surface area contributed by atoms with Crippen LogP contribution in [0, 0.1) is 12.3 Å². The van der Waals surface area contributed by atoms with E-state index in [0.29, 0.717) is 12.2 Å². The van der Waals surface area contributed by atoms with Crippen LogP contribution < -0.4 is 0 Å². The van der Waals surface area contributed by atoms with E-state index in [-0.39, 0.29) is 5.97 Å². The maximum atomic E-state index is 11.7. The summed E-state index contributed by atoms with van der Waals surface area (Å²) in [6.07, 6.45) is 11.0. The van der Waals surface area contributed by atoms with Crippen LogP contribution in [-0.2, 0) is 4.74 Å². The molecule has 1 aromatic carbocycles. The van der Waals surface area contributed by atoms with Crippen LogP contribution in [0.2, 0.25) is 0 Å². The Morgan fingerprint density at radius 1 is 1.17 bits per heavy atom. The fraction of sp³-hybridized carbons (Fsp3) is 0.438. The second kappa shape index (κ2) is 8.36. The molecule has 0 N–H and O–H groups in total. The lowest BCUT2D eigenvalue weighted by Gasteiger charge is -2.04. The minimum atomic E-state index is -0.269. The summed E-state index contributed by atoms with van der Waals surface area (Å²) in [6.45, 7) is 2.68. The topological polar surface area (TPSA) is 26.3 Å². The van der Waals surface area contributed by atoms with E-state index in [4.69, 9.17) is 11.2 Å². The molecule has 0 bridgehead atoms. The molecule has 0 fully saturated rings. The Morgan fingerprint density at radius 3 is 2.44 bits per heavy atom. The molecule has 0 saturated heterocycles. The number of esters is 1. The molecular formula is C16H20O2. The lowest BCUT2D eigenvalue weighted by molar-refractivity contribution is 0.0497. The molecular weight excluding hydrogens is 224 g/mol. The minimum Gasteiger partial charge on any atom is -0.462 e. The monoisotopic (exact) mass is 244 g/mol. The molecule has 1 aromatic rings. The van der Waals surface area contributed by atoms with Crippen molar-refractivity contribution in [2.45, 2.75) is 39.0 Å². The van der Waals surface area contributed by atoms with E-state index in [1.165, 1.54) is 19.3 Å². The molecule has 18 heavy (non-hydrogen) atoms. The first-order chi connectivity index (χ1) is 8.77. The van der Waals surface area contributed by atoms with Gasteiger partial charge in [-0.05, 0) is 30.7 Å². The number of carbonyl (C=O) groups is 1. The smallest absolute Gasteiger partial charge is 0.338 e. The van der Waals surface area contributed by atoms with Gasteiger partial charge in [0.05, 0.1) is 12.2 Å². The lowest BCUT2D eigenvalue weighted by Crippen LogP contribution is -2.06. The van der Waals surface area contributed by atoms with E-state index in [1.807, 2.05) is 0 Å². The Labute approximate surface area is 109 Å². The van der Waals surface area contributed by atoms with Crippen LogP contribution in [-0.4, -0.2) is 12.6 Å². The fourth-order valence-corrected chi connectivity index (χ4v) is 1.66. The third-order valence-corrected chi connectivity index (χ3v) is 2.77. The molecule has 96 valence electrons. The zero-order valence-corrected chi connectivity index (χ0v) is 10.9. The lowest BCUT2D eigenvalue weighted by atomic mass is 10.1. The van der Waals surface area contributed by atoms with Crippen molar-refractivity contribution in [3.05, 3.63) is 35.4 Å². The molecule has 0 amide bonds. The van der Waals surface area contributed by atoms with Gasteiger partial charge in [0.2, 0.25) is 0 Å². The average Bonchev–Trinajstić information content (AvgIpc) is 2.42. The van der Waals surface area contributed by atoms with Crippen molar-refractivity contribution in [1.82, 2.24) is 0 Å². The van der Waals surface area contributed by atoms with Gasteiger partial charge in [-0.15, -0.1) is 6.42 Å². The van der Waals surface area contributed by atoms with Crippen LogP contribution in [0.25, 0.3) is 0 Å². The predicted octanol–water partition coefficient (Wildman–Crippen LogP) is 3.80. The van der Waals surface area contributed by atoms with E-state index in [0.717, 1.165) is 18.4 Å². The molecule has 0 radical (unpaired) electrons. The Kier molecular flexibility index (Phi) is 6.64. The summed E-state index contributed by atoms with van der Waals surface area (Å²) in [5.41, 5.74) is 1.33. The first-order valence-electron chi connectivity index (χ1n) is 6.51. The Hall–Kier alpha value is -1.75. The van der Waals surface area contributed by atoms with Gasteiger partial charge in [0.15, 0.2) is 0 Å². The fourth-order valence-electron chi connectivity index (χ4n) is 1.66. The van der Waals surface area contributed by atoms with Crippen molar-refractivity contribution >= 4 is 5.97 Å². The zero-order chi connectivity index (χ0) is 13.2. The van der Waals surface area contributed by atoms with Crippen LogP contribution in [0.5, 0.6) is 0 Å². The Morgan fingerprint density at radius 2 is 1.83 bits per heavy atom. The molecule has 0 aliphatic carbocycles. The second-order valence-corrected chi connectivity index (χ2v) is 4.27. The van der Waals surface area contributed by atoms with Crippen molar-refractivity contribution in [1.29, 1.82) is 0 Å². The summed E-state index contributed by atoms with van der Waals surface area (Å²) >= 11 is 0. The summed E-state index contributed by atoms with van der Waals surface area (Å²) in [6, 6.07) is 6.90. The first-order valence-corrected chi connectivity index (χ1v) is 6.51. The summed E-state index contributed by atoms with van der Waals surface area (Å²) in [7, 11) is 0. The third kappa shape index (κ3) is 5.05. The van der Waals surface area contributed by atoms with Crippen LogP contribution in [0.3, 0.4) is 0 Å². The summed E-state index contributed by atoms with van der Waals surface area (Å²) in [5.74, 6) is 2.24. The minimum absolute atomic E-state index is 0.269. The molecule has 2 heteroatoms. The van der Waals surface area contributed by atoms with Gasteiger partial charge in [0, 0.05) is 5.56 Å². The number of hydrogen-bond acceptors (Lipinski definition) is 2. The molecule has 0 saturated carbocycles. The molecule has 0 spiro atoms. The number of ether oxygens (including phenoxy) is 1. The van der Waals surface area contributed by atoms with Crippen molar-refractivity contribution in [3.63, 3.8) is 0 Å². The van der Waals surface area contributed by atoms with Crippen molar-refractivity contribution in [2.75, 3.05) is 6.61 Å². The molecule has 0 heterocycles. The van der Waals surface area contributed by atoms with E-state index >= 15 is 0 Å². The van der Waals surface area contributed by atoms with Crippen molar-refractivity contribution in [2.24, 2.45) is 0 Å². The molecule has 0 aliphatic rings. The highest BCUT2D eigenvalue weighted by Crippen LogP contribution is 2.07. The van der Waals surface area contributed by atoms with E-state index < -0.39 is 0 Å². The number of carbonyl (C=O) groups excluding carboxylic acids is 1. The molecule has 0 atom stereocenters. The zero-order valence-electron chi connectivity index (χ0n) is 10.9. The van der Waals surface area contributed by atoms with Gasteiger partial charge in [0.25, 0.3) is 0 Å². The van der Waals surface area contributed by atoms with Crippen LogP contribution >= 0.6 is 0 Å². The highest BCUT2D eigenvalue weighted by atomic mass is 16.5. The average molecular weight is 244 g/mol. The van der Waals surface area contributed by atoms with Gasteiger partial charge in [-0.2, -0.15) is 0 Å². The maximum Gasteiger partial charge on any atom is 0.338 e. The largest absolute Gasteiger partial charge is 0.462 e. The summed E-state index contributed by atoms with van der Waals surface area (Å²) < 4.78 is 5.19. The second-order valence-electron chi connectivity index (χ2n) is 4.27. The molecule has 0 unspecified atom stereocenters. The molecule has 0 aliphatic heterocycles. The number of rotatable bonds is 7. The number of terminal acetylenes is 1. The Balaban J connectivity index is 2.26. The highest BCUT2D eigenvalue weighted by Gasteiger charge is 2.05. The predicted molar refractivity (Wildman–Crippen MR) is 73.4 cm³/mol. The van der Waals surface area contributed by atoms with Gasteiger partial charge in [-0.3, -0.25) is 0 Å². The standard InChI is InChI=1S/C16H20O2/c1-3-5-6-7-8-13-18-16(17)15-11-9-14(4-2)10-12-15/h2,9-12H,3,5-8,13H2,1H3. The number of unbranched alkanes of at least 4 members (excludes halogenated alkanes) is 4. The van der Waals surface area contributed by atoms with E-state index in [2.05, 4.69) is 12.8 Å². The van der Waals surface area contributed by atoms with Crippen LogP contribution in [0.1, 0.15) is 54.9 Å². The van der Waals surface area contributed by atoms with Gasteiger partial charge in [-0.1, -0.05) is 38.5 Å².